The molecule has 2 aliphatic carbocycles. The zero-order valence-electron chi connectivity index (χ0n) is 6.81. The average Bonchev–Trinajstić information content (AvgIpc) is 2.60. The molecule has 0 unspecified atom stereocenters. The standard InChI is InChI=1S/C10H12O2/c11-10(12)4-3-9-6-7-1-2-8(9)5-7/h1-4,7-9H,5-6H2,(H,11,12)/b4-3-/t7-,8+,9-/m0/s1. The SMILES string of the molecule is O=C(O)/C=C\[C@H]1C[C@H]2C=C[C@@H]1C2. The number of rotatable bonds is 2. The molecule has 64 valence electrons. The van der Waals surface area contributed by atoms with Gasteiger partial charge in [-0.15, -0.1) is 0 Å². The molecule has 0 aliphatic heterocycles. The topological polar surface area (TPSA) is 37.3 Å². The van der Waals surface area contributed by atoms with E-state index in [-0.39, 0.29) is 0 Å². The number of hydrogen-bond acceptors (Lipinski definition) is 1. The first-order valence-corrected chi connectivity index (χ1v) is 4.35. The Labute approximate surface area is 71.6 Å². The van der Waals surface area contributed by atoms with Crippen molar-refractivity contribution in [3.05, 3.63) is 24.3 Å². The first-order valence-electron chi connectivity index (χ1n) is 4.35. The van der Waals surface area contributed by atoms with Crippen LogP contribution in [0, 0.1) is 17.8 Å². The number of allylic oxidation sites excluding steroid dienone is 3. The van der Waals surface area contributed by atoms with Crippen LogP contribution in [0.1, 0.15) is 12.8 Å². The van der Waals surface area contributed by atoms with Gasteiger partial charge in [-0.05, 0) is 30.6 Å². The van der Waals surface area contributed by atoms with Crippen LogP contribution in [0.3, 0.4) is 0 Å². The predicted octanol–water partition coefficient (Wildman–Crippen LogP) is 1.84. The van der Waals surface area contributed by atoms with Crippen molar-refractivity contribution in [3.63, 3.8) is 0 Å². The van der Waals surface area contributed by atoms with Crippen molar-refractivity contribution in [3.8, 4) is 0 Å². The number of aliphatic carboxylic acids is 1. The maximum atomic E-state index is 10.3. The Bertz CT molecular complexity index is 253. The molecule has 0 aromatic rings. The van der Waals surface area contributed by atoms with E-state index < -0.39 is 5.97 Å². The molecule has 0 saturated heterocycles. The minimum absolute atomic E-state index is 0.482. The van der Waals surface area contributed by atoms with Crippen LogP contribution in [0.4, 0.5) is 0 Å². The van der Waals surface area contributed by atoms with E-state index in [9.17, 15) is 4.79 Å². The van der Waals surface area contributed by atoms with Gasteiger partial charge in [0.2, 0.25) is 0 Å². The lowest BCUT2D eigenvalue weighted by Crippen LogP contribution is -2.03. The first-order chi connectivity index (χ1) is 5.75. The zero-order chi connectivity index (χ0) is 8.55. The van der Waals surface area contributed by atoms with Crippen LogP contribution < -0.4 is 0 Å². The Morgan fingerprint density at radius 1 is 1.42 bits per heavy atom. The zero-order valence-corrected chi connectivity index (χ0v) is 6.81. The monoisotopic (exact) mass is 164 g/mol. The van der Waals surface area contributed by atoms with E-state index in [4.69, 9.17) is 5.11 Å². The van der Waals surface area contributed by atoms with Crippen molar-refractivity contribution in [1.82, 2.24) is 0 Å². The highest BCUT2D eigenvalue weighted by Crippen LogP contribution is 2.43. The Balaban J connectivity index is 1.99. The van der Waals surface area contributed by atoms with E-state index in [1.54, 1.807) is 0 Å². The lowest BCUT2D eigenvalue weighted by molar-refractivity contribution is -0.131. The molecule has 1 N–H and O–H groups in total. The van der Waals surface area contributed by atoms with Gasteiger partial charge in [0.25, 0.3) is 0 Å². The molecule has 2 rings (SSSR count). The molecule has 0 amide bonds. The molecular weight excluding hydrogens is 152 g/mol. The molecule has 0 spiro atoms. The number of hydrogen-bond donors (Lipinski definition) is 1. The Morgan fingerprint density at radius 2 is 2.25 bits per heavy atom. The van der Waals surface area contributed by atoms with Crippen LogP contribution in [0.5, 0.6) is 0 Å². The van der Waals surface area contributed by atoms with E-state index in [1.165, 1.54) is 12.5 Å². The summed E-state index contributed by atoms with van der Waals surface area (Å²) in [5.41, 5.74) is 0. The summed E-state index contributed by atoms with van der Waals surface area (Å²) in [5.74, 6) is 0.988. The molecule has 1 fully saturated rings. The third kappa shape index (κ3) is 1.29. The van der Waals surface area contributed by atoms with E-state index in [0.29, 0.717) is 11.8 Å². The van der Waals surface area contributed by atoms with Gasteiger partial charge in [-0.1, -0.05) is 18.2 Å². The number of fused-ring (bicyclic) bond motifs is 2. The summed E-state index contributed by atoms with van der Waals surface area (Å²) in [7, 11) is 0. The van der Waals surface area contributed by atoms with Gasteiger partial charge in [0.15, 0.2) is 0 Å². The van der Waals surface area contributed by atoms with Crippen LogP contribution in [-0.4, -0.2) is 11.1 Å². The van der Waals surface area contributed by atoms with Crippen molar-refractivity contribution in [1.29, 1.82) is 0 Å². The molecule has 0 aromatic heterocycles. The maximum absolute atomic E-state index is 10.3. The fourth-order valence-electron chi connectivity index (χ4n) is 2.25. The summed E-state index contributed by atoms with van der Waals surface area (Å²) >= 11 is 0. The van der Waals surface area contributed by atoms with Crippen LogP contribution in [0.25, 0.3) is 0 Å². The second-order valence-electron chi connectivity index (χ2n) is 3.64. The molecule has 2 aliphatic rings. The lowest BCUT2D eigenvalue weighted by Gasteiger charge is -2.12. The fourth-order valence-corrected chi connectivity index (χ4v) is 2.25. The van der Waals surface area contributed by atoms with Crippen molar-refractivity contribution in [2.24, 2.45) is 17.8 Å². The van der Waals surface area contributed by atoms with Gasteiger partial charge in [-0.2, -0.15) is 0 Å². The van der Waals surface area contributed by atoms with Crippen LogP contribution >= 0.6 is 0 Å². The molecule has 12 heavy (non-hydrogen) atoms. The second-order valence-corrected chi connectivity index (χ2v) is 3.64. The summed E-state index contributed by atoms with van der Waals surface area (Å²) in [5, 5.41) is 8.44. The van der Waals surface area contributed by atoms with Crippen molar-refractivity contribution in [2.75, 3.05) is 0 Å². The van der Waals surface area contributed by atoms with Crippen LogP contribution in [0.15, 0.2) is 24.3 Å². The highest BCUT2D eigenvalue weighted by molar-refractivity contribution is 5.79. The van der Waals surface area contributed by atoms with Crippen molar-refractivity contribution in [2.45, 2.75) is 12.8 Å². The van der Waals surface area contributed by atoms with Gasteiger partial charge >= 0.3 is 5.97 Å². The Hall–Kier alpha value is -1.05. The molecular formula is C10H12O2. The Morgan fingerprint density at radius 3 is 2.75 bits per heavy atom. The summed E-state index contributed by atoms with van der Waals surface area (Å²) in [6.45, 7) is 0. The molecule has 3 atom stereocenters. The first kappa shape index (κ1) is 7.59. The van der Waals surface area contributed by atoms with E-state index >= 15 is 0 Å². The van der Waals surface area contributed by atoms with Crippen molar-refractivity contribution < 1.29 is 9.90 Å². The fraction of sp³-hybridized carbons (Fsp3) is 0.500. The van der Waals surface area contributed by atoms with Crippen molar-refractivity contribution >= 4 is 5.97 Å². The third-order valence-electron chi connectivity index (χ3n) is 2.82. The predicted molar refractivity (Wildman–Crippen MR) is 45.6 cm³/mol. The van der Waals surface area contributed by atoms with Gasteiger partial charge in [0.05, 0.1) is 0 Å². The third-order valence-corrected chi connectivity index (χ3v) is 2.82. The number of carboxylic acids is 1. The normalized spacial score (nSPS) is 38.2. The lowest BCUT2D eigenvalue weighted by atomic mass is 9.93. The maximum Gasteiger partial charge on any atom is 0.327 e. The summed E-state index contributed by atoms with van der Waals surface area (Å²) in [6.07, 6.45) is 9.98. The van der Waals surface area contributed by atoms with Gasteiger partial charge < -0.3 is 5.11 Å². The highest BCUT2D eigenvalue weighted by atomic mass is 16.4. The van der Waals surface area contributed by atoms with Gasteiger partial charge in [0, 0.05) is 6.08 Å². The minimum Gasteiger partial charge on any atom is -0.478 e. The molecule has 2 nitrogen and oxygen atoms in total. The van der Waals surface area contributed by atoms with Gasteiger partial charge in [0.1, 0.15) is 0 Å². The molecule has 0 radical (unpaired) electrons. The summed E-state index contributed by atoms with van der Waals surface area (Å²) in [6, 6.07) is 0. The van der Waals surface area contributed by atoms with Gasteiger partial charge in [-0.3, -0.25) is 0 Å². The quantitative estimate of drug-likeness (QED) is 0.499. The largest absolute Gasteiger partial charge is 0.478 e. The summed E-state index contributed by atoms with van der Waals surface area (Å²) < 4.78 is 0. The molecule has 0 heterocycles. The molecule has 1 saturated carbocycles. The molecule has 2 heteroatoms. The highest BCUT2D eigenvalue weighted by Gasteiger charge is 2.33. The summed E-state index contributed by atoms with van der Waals surface area (Å²) in [4.78, 5) is 10.3. The van der Waals surface area contributed by atoms with E-state index in [0.717, 1.165) is 12.3 Å². The minimum atomic E-state index is -0.832. The smallest absolute Gasteiger partial charge is 0.327 e. The second kappa shape index (κ2) is 2.77. The van der Waals surface area contributed by atoms with Gasteiger partial charge in [-0.25, -0.2) is 4.79 Å². The Kier molecular flexibility index (Phi) is 1.75. The molecule has 2 bridgehead atoms. The number of carboxylic acid groups (broad SMARTS) is 1. The van der Waals surface area contributed by atoms with Crippen LogP contribution in [-0.2, 0) is 4.79 Å². The van der Waals surface area contributed by atoms with E-state index in [2.05, 4.69) is 12.2 Å². The number of carbonyl (C=O) groups is 1. The van der Waals surface area contributed by atoms with Crippen LogP contribution in [0.2, 0.25) is 0 Å². The molecule has 0 aromatic carbocycles. The van der Waals surface area contributed by atoms with E-state index in [1.807, 2.05) is 6.08 Å². The average molecular weight is 164 g/mol.